The molecule has 0 aliphatic carbocycles. The molecular formula is C31H40N4O3S. The Balaban J connectivity index is 1.85. The zero-order chi connectivity index (χ0) is 28.0. The number of fused-ring (bicyclic) bond motifs is 1. The van der Waals surface area contributed by atoms with Gasteiger partial charge >= 0.3 is 0 Å². The summed E-state index contributed by atoms with van der Waals surface area (Å²) in [4.78, 5) is 39.0. The van der Waals surface area contributed by atoms with E-state index in [0.29, 0.717) is 12.8 Å². The third-order valence-corrected chi connectivity index (χ3v) is 7.52. The molecule has 3 amide bonds. The quantitative estimate of drug-likeness (QED) is 0.165. The van der Waals surface area contributed by atoms with Crippen molar-refractivity contribution in [3.63, 3.8) is 0 Å². The fourth-order valence-corrected chi connectivity index (χ4v) is 5.39. The van der Waals surface area contributed by atoms with Gasteiger partial charge in [0.25, 0.3) is 0 Å². The molecule has 4 N–H and O–H groups in total. The molecule has 1 heterocycles. The third-order valence-electron chi connectivity index (χ3n) is 6.63. The van der Waals surface area contributed by atoms with Gasteiger partial charge < -0.3 is 21.3 Å². The van der Waals surface area contributed by atoms with Crippen LogP contribution in [0.1, 0.15) is 51.3 Å². The lowest BCUT2D eigenvalue weighted by Gasteiger charge is -2.27. The van der Waals surface area contributed by atoms with Crippen LogP contribution in [0.3, 0.4) is 0 Å². The minimum atomic E-state index is -0.794. The van der Waals surface area contributed by atoms with E-state index in [0.717, 1.165) is 53.6 Å². The Labute approximate surface area is 236 Å². The molecule has 1 fully saturated rings. The molecule has 7 nitrogen and oxygen atoms in total. The van der Waals surface area contributed by atoms with Crippen LogP contribution in [0.15, 0.2) is 78.3 Å². The normalized spacial score (nSPS) is 16.0. The fraction of sp³-hybridized carbons (Fsp3) is 0.387. The summed E-state index contributed by atoms with van der Waals surface area (Å²) in [7, 11) is 0. The molecule has 1 saturated heterocycles. The van der Waals surface area contributed by atoms with Crippen molar-refractivity contribution in [2.75, 3.05) is 18.8 Å². The number of allylic oxidation sites excluding steroid dienone is 2. The number of benzene rings is 2. The van der Waals surface area contributed by atoms with Crippen LogP contribution in [-0.4, -0.2) is 42.6 Å². The Morgan fingerprint density at radius 1 is 1.08 bits per heavy atom. The molecule has 0 unspecified atom stereocenters. The molecule has 0 aromatic heterocycles. The van der Waals surface area contributed by atoms with Gasteiger partial charge in [-0.1, -0.05) is 60.2 Å². The lowest BCUT2D eigenvalue weighted by atomic mass is 9.96. The molecule has 2 atom stereocenters. The molecule has 208 valence electrons. The number of carbonyl (C=O) groups is 3. The maximum absolute atomic E-state index is 13.7. The number of rotatable bonds is 13. The summed E-state index contributed by atoms with van der Waals surface area (Å²) in [6.07, 6.45) is 7.56. The maximum atomic E-state index is 13.7. The van der Waals surface area contributed by atoms with Gasteiger partial charge in [0.15, 0.2) is 0 Å². The second kappa shape index (κ2) is 15.9. The third kappa shape index (κ3) is 9.71. The van der Waals surface area contributed by atoms with Crippen LogP contribution in [0.2, 0.25) is 0 Å². The molecule has 2 aromatic carbocycles. The van der Waals surface area contributed by atoms with Gasteiger partial charge in [-0.05, 0) is 73.5 Å². The summed E-state index contributed by atoms with van der Waals surface area (Å²) in [5, 5.41) is 16.3. The monoisotopic (exact) mass is 548 g/mol. The predicted molar refractivity (Wildman–Crippen MR) is 161 cm³/mol. The smallest absolute Gasteiger partial charge is 0.244 e. The van der Waals surface area contributed by atoms with Gasteiger partial charge in [0.1, 0.15) is 12.2 Å². The van der Waals surface area contributed by atoms with Gasteiger partial charge in [-0.25, -0.2) is 0 Å². The minimum Gasteiger partial charge on any atom is -0.344 e. The van der Waals surface area contributed by atoms with E-state index in [4.69, 9.17) is 0 Å². The van der Waals surface area contributed by atoms with Crippen molar-refractivity contribution in [3.05, 3.63) is 83.8 Å². The zero-order valence-electron chi connectivity index (χ0n) is 22.9. The first-order valence-electron chi connectivity index (χ1n) is 13.5. The van der Waals surface area contributed by atoms with Crippen molar-refractivity contribution in [2.24, 2.45) is 5.92 Å². The highest BCUT2D eigenvalue weighted by atomic mass is 32.2. The van der Waals surface area contributed by atoms with Gasteiger partial charge in [-0.2, -0.15) is 0 Å². The van der Waals surface area contributed by atoms with Crippen molar-refractivity contribution in [3.8, 4) is 0 Å². The van der Waals surface area contributed by atoms with Gasteiger partial charge in [-0.3, -0.25) is 14.4 Å². The first kappa shape index (κ1) is 30.2. The molecular weight excluding hydrogens is 508 g/mol. The van der Waals surface area contributed by atoms with E-state index in [2.05, 4.69) is 33.9 Å². The summed E-state index contributed by atoms with van der Waals surface area (Å²) in [6, 6.07) is 13.0. The van der Waals surface area contributed by atoms with Crippen molar-refractivity contribution in [1.82, 2.24) is 21.3 Å². The largest absolute Gasteiger partial charge is 0.344 e. The Morgan fingerprint density at radius 2 is 1.82 bits per heavy atom. The van der Waals surface area contributed by atoms with Gasteiger partial charge in [0.05, 0.1) is 0 Å². The lowest BCUT2D eigenvalue weighted by molar-refractivity contribution is -0.132. The summed E-state index contributed by atoms with van der Waals surface area (Å²) in [6.45, 7) is 8.83. The molecule has 2 aromatic rings. The molecule has 8 heteroatoms. The molecule has 1 aliphatic rings. The molecule has 0 radical (unpaired) electrons. The Morgan fingerprint density at radius 3 is 2.51 bits per heavy atom. The highest BCUT2D eigenvalue weighted by Gasteiger charge is 2.29. The van der Waals surface area contributed by atoms with Crippen molar-refractivity contribution >= 4 is 40.3 Å². The average molecular weight is 549 g/mol. The van der Waals surface area contributed by atoms with Crippen LogP contribution in [0.25, 0.3) is 10.8 Å². The molecule has 3 rings (SSSR count). The summed E-state index contributed by atoms with van der Waals surface area (Å²) in [5.74, 6) is -0.0434. The van der Waals surface area contributed by atoms with Crippen LogP contribution in [0, 0.1) is 5.92 Å². The number of amides is 3. The second-order valence-electron chi connectivity index (χ2n) is 9.71. The van der Waals surface area contributed by atoms with E-state index in [1.54, 1.807) is 17.8 Å². The van der Waals surface area contributed by atoms with E-state index >= 15 is 0 Å². The van der Waals surface area contributed by atoms with Crippen LogP contribution in [-0.2, 0) is 14.4 Å². The van der Waals surface area contributed by atoms with Crippen LogP contribution >= 0.6 is 11.8 Å². The van der Waals surface area contributed by atoms with E-state index < -0.39 is 12.2 Å². The van der Waals surface area contributed by atoms with E-state index in [1.165, 1.54) is 6.92 Å². The standard InChI is InChI=1S/C31H40N4O3S/c1-4-6-18-39-21-23(9-5-2)19-28(34-30(37)25-14-16-32-17-15-25)31(38)35-29(33-22(3)36)27-13-12-24-10-7-8-11-26(24)20-27/h4-8,10-13,20-21,25,28-29,32H,2,9,14-19H2,1,3H3,(H,33,36)(H,34,37)(H,35,38)/b6-4-,23-21+/t28-,29-/m1/s1. The number of carbonyl (C=O) groups excluding carboxylic acids is 3. The van der Waals surface area contributed by atoms with Crippen molar-refractivity contribution < 1.29 is 14.4 Å². The molecule has 0 spiro atoms. The SMILES string of the molecule is C=CC/C(=C\SC/C=C\C)C[C@@H](NC(=O)C1CCNCC1)C(=O)N[C@@H](NC(C)=O)c1ccc2ccccc2c1. The second-order valence-corrected chi connectivity index (χ2v) is 10.6. The van der Waals surface area contributed by atoms with Crippen molar-refractivity contribution in [2.45, 2.75) is 51.7 Å². The molecule has 39 heavy (non-hydrogen) atoms. The first-order valence-corrected chi connectivity index (χ1v) is 14.5. The van der Waals surface area contributed by atoms with Crippen molar-refractivity contribution in [1.29, 1.82) is 0 Å². The van der Waals surface area contributed by atoms with E-state index in [1.807, 2.05) is 60.9 Å². The topological polar surface area (TPSA) is 99.3 Å². The number of hydrogen-bond donors (Lipinski definition) is 4. The Bertz CT molecular complexity index is 1200. The minimum absolute atomic E-state index is 0.113. The lowest BCUT2D eigenvalue weighted by Crippen LogP contribution is -2.52. The van der Waals surface area contributed by atoms with Crippen LogP contribution in [0.4, 0.5) is 0 Å². The Kier molecular flexibility index (Phi) is 12.3. The number of nitrogens with one attached hydrogen (secondary N) is 4. The summed E-state index contributed by atoms with van der Waals surface area (Å²) in [5.41, 5.74) is 1.76. The molecule has 1 aliphatic heterocycles. The predicted octanol–water partition coefficient (Wildman–Crippen LogP) is 4.73. The Hall–Kier alpha value is -3.36. The molecule has 0 saturated carbocycles. The highest BCUT2D eigenvalue weighted by Crippen LogP contribution is 2.22. The zero-order valence-corrected chi connectivity index (χ0v) is 23.7. The number of thioether (sulfide) groups is 1. The summed E-state index contributed by atoms with van der Waals surface area (Å²) >= 11 is 1.64. The van der Waals surface area contributed by atoms with Gasteiger partial charge in [-0.15, -0.1) is 18.3 Å². The summed E-state index contributed by atoms with van der Waals surface area (Å²) < 4.78 is 0. The average Bonchev–Trinajstić information content (AvgIpc) is 2.94. The highest BCUT2D eigenvalue weighted by molar-refractivity contribution is 8.02. The maximum Gasteiger partial charge on any atom is 0.244 e. The van der Waals surface area contributed by atoms with Gasteiger partial charge in [0, 0.05) is 18.6 Å². The molecule has 0 bridgehead atoms. The van der Waals surface area contributed by atoms with E-state index in [-0.39, 0.29) is 23.6 Å². The fourth-order valence-electron chi connectivity index (χ4n) is 4.56. The first-order chi connectivity index (χ1) is 18.9. The van der Waals surface area contributed by atoms with Crippen LogP contribution < -0.4 is 21.3 Å². The van der Waals surface area contributed by atoms with E-state index in [9.17, 15) is 14.4 Å². The van der Waals surface area contributed by atoms with Gasteiger partial charge in [0.2, 0.25) is 17.7 Å². The van der Waals surface area contributed by atoms with Crippen LogP contribution in [0.5, 0.6) is 0 Å². The number of hydrogen-bond acceptors (Lipinski definition) is 5. The number of piperidine rings is 1.